The fourth-order valence-electron chi connectivity index (χ4n) is 1.95. The first-order valence-electron chi connectivity index (χ1n) is 10.1. The average Bonchev–Trinajstić information content (AvgIpc) is 2.70. The minimum absolute atomic E-state index is 0.00159. The number of carbonyl (C=O) groups is 2. The van der Waals surface area contributed by atoms with E-state index in [-0.39, 0.29) is 18.7 Å². The summed E-state index contributed by atoms with van der Waals surface area (Å²) in [5, 5.41) is 11.1. The van der Waals surface area contributed by atoms with Crippen LogP contribution >= 0.6 is 0 Å². The van der Waals surface area contributed by atoms with Gasteiger partial charge in [0.1, 0.15) is 0 Å². The van der Waals surface area contributed by atoms with Gasteiger partial charge in [-0.05, 0) is 13.3 Å². The van der Waals surface area contributed by atoms with Crippen molar-refractivity contribution in [3.8, 4) is 0 Å². The Balaban J connectivity index is 3.08. The number of hydrogen-bond acceptors (Lipinski definition) is 8. The Morgan fingerprint density at radius 2 is 1.07 bits per heavy atom. The molecular weight excluding hydrogens is 386 g/mol. The van der Waals surface area contributed by atoms with Crippen LogP contribution in [0.15, 0.2) is 0 Å². The minimum Gasteiger partial charge on any atom is -0.481 e. The van der Waals surface area contributed by atoms with Gasteiger partial charge in [0.15, 0.2) is 0 Å². The zero-order chi connectivity index (χ0) is 21.4. The average molecular weight is 424 g/mol. The first-order valence-corrected chi connectivity index (χ1v) is 10.1. The van der Waals surface area contributed by atoms with E-state index in [1.807, 2.05) is 6.92 Å². The lowest BCUT2D eigenvalue weighted by molar-refractivity contribution is -0.138. The molecule has 0 spiro atoms. The molecule has 0 aliphatic rings. The Morgan fingerprint density at radius 1 is 0.655 bits per heavy atom. The van der Waals surface area contributed by atoms with Gasteiger partial charge in [0.2, 0.25) is 5.91 Å². The standard InChI is InChI=1S/C19H37NO9/c1-2-24-8-9-26-12-13-28-16-17-29-15-14-27-11-10-25-7-3-6-20-18(21)4-5-19(22)23/h2-17H2,1H3,(H,20,21)(H,22,23). The Labute approximate surface area is 173 Å². The number of hydrogen-bond donors (Lipinski definition) is 2. The van der Waals surface area contributed by atoms with Gasteiger partial charge in [0, 0.05) is 26.2 Å². The van der Waals surface area contributed by atoms with Crippen molar-refractivity contribution in [2.24, 2.45) is 0 Å². The SMILES string of the molecule is CCOCCOCCOCCOCCOCCOCCCNC(=O)CCC(=O)O. The number of carbonyl (C=O) groups excluding carboxylic acids is 1. The summed E-state index contributed by atoms with van der Waals surface area (Å²) in [5.41, 5.74) is 0. The molecule has 0 fully saturated rings. The molecule has 1 amide bonds. The summed E-state index contributed by atoms with van der Waals surface area (Å²) in [6.07, 6.45) is 0.516. The molecule has 0 unspecified atom stereocenters. The van der Waals surface area contributed by atoms with Crippen LogP contribution in [-0.2, 0) is 38.0 Å². The molecule has 10 nitrogen and oxygen atoms in total. The molecule has 0 rings (SSSR count). The number of carboxylic acid groups (broad SMARTS) is 1. The van der Waals surface area contributed by atoms with Crippen LogP contribution in [0.3, 0.4) is 0 Å². The van der Waals surface area contributed by atoms with Crippen LogP contribution in [0, 0.1) is 0 Å². The van der Waals surface area contributed by atoms with E-state index in [1.54, 1.807) is 0 Å². The summed E-state index contributed by atoms with van der Waals surface area (Å²) < 4.78 is 32.0. The molecule has 0 heterocycles. The Morgan fingerprint density at radius 3 is 1.48 bits per heavy atom. The molecule has 0 aromatic carbocycles. The molecular formula is C19H37NO9. The molecule has 0 aromatic heterocycles. The van der Waals surface area contributed by atoms with Crippen molar-refractivity contribution in [1.82, 2.24) is 5.32 Å². The van der Waals surface area contributed by atoms with E-state index in [1.165, 1.54) is 0 Å². The number of nitrogens with one attached hydrogen (secondary N) is 1. The third-order valence-electron chi connectivity index (χ3n) is 3.42. The summed E-state index contributed by atoms with van der Waals surface area (Å²) in [4.78, 5) is 21.6. The molecule has 0 aliphatic heterocycles. The van der Waals surface area contributed by atoms with Crippen molar-refractivity contribution in [3.63, 3.8) is 0 Å². The minimum atomic E-state index is -0.975. The first-order chi connectivity index (χ1) is 14.2. The third kappa shape index (κ3) is 24.7. The fraction of sp³-hybridized carbons (Fsp3) is 0.895. The molecule has 0 saturated heterocycles. The third-order valence-corrected chi connectivity index (χ3v) is 3.42. The van der Waals surface area contributed by atoms with Gasteiger partial charge in [-0.15, -0.1) is 0 Å². The topological polar surface area (TPSA) is 122 Å². The van der Waals surface area contributed by atoms with E-state index in [9.17, 15) is 9.59 Å². The van der Waals surface area contributed by atoms with E-state index in [0.717, 1.165) is 0 Å². The van der Waals surface area contributed by atoms with Crippen molar-refractivity contribution in [2.45, 2.75) is 26.2 Å². The predicted molar refractivity (Wildman–Crippen MR) is 105 cm³/mol. The molecule has 29 heavy (non-hydrogen) atoms. The Bertz CT molecular complexity index is 383. The van der Waals surface area contributed by atoms with E-state index >= 15 is 0 Å². The highest BCUT2D eigenvalue weighted by Crippen LogP contribution is 1.89. The molecule has 0 saturated carbocycles. The lowest BCUT2D eigenvalue weighted by atomic mass is 10.3. The van der Waals surface area contributed by atoms with Gasteiger partial charge in [-0.3, -0.25) is 9.59 Å². The number of rotatable bonds is 23. The summed E-state index contributed by atoms with van der Waals surface area (Å²) in [6, 6.07) is 0. The number of amides is 1. The smallest absolute Gasteiger partial charge is 0.303 e. The summed E-state index contributed by atoms with van der Waals surface area (Å²) in [7, 11) is 0. The van der Waals surface area contributed by atoms with Gasteiger partial charge >= 0.3 is 5.97 Å². The molecule has 10 heteroatoms. The molecule has 172 valence electrons. The molecule has 0 bridgehead atoms. The number of ether oxygens (including phenoxy) is 6. The van der Waals surface area contributed by atoms with Gasteiger partial charge in [0.25, 0.3) is 0 Å². The molecule has 0 aliphatic carbocycles. The maximum atomic E-state index is 11.3. The second-order valence-electron chi connectivity index (χ2n) is 5.86. The zero-order valence-electron chi connectivity index (χ0n) is 17.5. The quantitative estimate of drug-likeness (QED) is 0.226. The Hall–Kier alpha value is -1.30. The summed E-state index contributed by atoms with van der Waals surface area (Å²) >= 11 is 0. The molecule has 0 radical (unpaired) electrons. The summed E-state index contributed by atoms with van der Waals surface area (Å²) in [5.74, 6) is -1.23. The highest BCUT2D eigenvalue weighted by Gasteiger charge is 2.04. The van der Waals surface area contributed by atoms with Crippen molar-refractivity contribution < 1.29 is 43.1 Å². The highest BCUT2D eigenvalue weighted by atomic mass is 16.6. The van der Waals surface area contributed by atoms with E-state index in [4.69, 9.17) is 33.5 Å². The second-order valence-corrected chi connectivity index (χ2v) is 5.86. The monoisotopic (exact) mass is 423 g/mol. The number of carboxylic acids is 1. The van der Waals surface area contributed by atoms with Crippen LogP contribution in [0.4, 0.5) is 0 Å². The maximum absolute atomic E-state index is 11.3. The van der Waals surface area contributed by atoms with Crippen molar-refractivity contribution >= 4 is 11.9 Å². The van der Waals surface area contributed by atoms with Gasteiger partial charge in [-0.1, -0.05) is 0 Å². The normalized spacial score (nSPS) is 10.9. The predicted octanol–water partition coefficient (Wildman–Crippen LogP) is 0.477. The second kappa shape index (κ2) is 23.0. The molecule has 2 N–H and O–H groups in total. The van der Waals surface area contributed by atoms with Crippen molar-refractivity contribution in [2.75, 3.05) is 85.8 Å². The molecule has 0 aromatic rings. The fourth-order valence-corrected chi connectivity index (χ4v) is 1.95. The van der Waals surface area contributed by atoms with E-state index in [2.05, 4.69) is 5.32 Å². The van der Waals surface area contributed by atoms with E-state index < -0.39 is 5.97 Å². The largest absolute Gasteiger partial charge is 0.481 e. The van der Waals surface area contributed by atoms with Crippen LogP contribution in [0.5, 0.6) is 0 Å². The van der Waals surface area contributed by atoms with Crippen molar-refractivity contribution in [1.29, 1.82) is 0 Å². The van der Waals surface area contributed by atoms with Gasteiger partial charge in [0.05, 0.1) is 72.5 Å². The van der Waals surface area contributed by atoms with E-state index in [0.29, 0.717) is 92.2 Å². The maximum Gasteiger partial charge on any atom is 0.303 e. The zero-order valence-corrected chi connectivity index (χ0v) is 17.5. The Kier molecular flexibility index (Phi) is 22.0. The lowest BCUT2D eigenvalue weighted by Gasteiger charge is -2.08. The van der Waals surface area contributed by atoms with Crippen LogP contribution in [0.25, 0.3) is 0 Å². The highest BCUT2D eigenvalue weighted by molar-refractivity contribution is 5.80. The van der Waals surface area contributed by atoms with Crippen LogP contribution in [0.2, 0.25) is 0 Å². The van der Waals surface area contributed by atoms with Gasteiger partial charge in [-0.2, -0.15) is 0 Å². The summed E-state index contributed by atoms with van der Waals surface area (Å²) in [6.45, 7) is 8.87. The molecule has 0 atom stereocenters. The number of aliphatic carboxylic acids is 1. The van der Waals surface area contributed by atoms with Gasteiger partial charge < -0.3 is 38.8 Å². The lowest BCUT2D eigenvalue weighted by Crippen LogP contribution is -2.25. The first kappa shape index (κ1) is 27.7. The van der Waals surface area contributed by atoms with Gasteiger partial charge in [-0.25, -0.2) is 0 Å². The van der Waals surface area contributed by atoms with Crippen LogP contribution in [0.1, 0.15) is 26.2 Å². The van der Waals surface area contributed by atoms with Crippen LogP contribution in [-0.4, -0.2) is 103 Å². The van der Waals surface area contributed by atoms with Crippen molar-refractivity contribution in [3.05, 3.63) is 0 Å². The van der Waals surface area contributed by atoms with Crippen LogP contribution < -0.4 is 5.32 Å².